The predicted octanol–water partition coefficient (Wildman–Crippen LogP) is 2.21. The fraction of sp³-hybridized carbons (Fsp3) is 0.381. The standard InChI is InChI=1S/C21H21FN2O6S/c1-3-29-16(26)9-12(25)11-31-20-14(10-23)17(13-7-5-6-8-15(13)22)18(19(27)24-20)21(28)30-4-2/h5-8,17-18H,3-4,9,11H2,1-2H3,(H,24,27)/t17-,18+/m0/s1. The average Bonchev–Trinajstić information content (AvgIpc) is 2.72. The van der Waals surface area contributed by atoms with Crippen molar-refractivity contribution in [1.29, 1.82) is 5.26 Å². The van der Waals surface area contributed by atoms with E-state index >= 15 is 0 Å². The van der Waals surface area contributed by atoms with Gasteiger partial charge in [-0.2, -0.15) is 5.26 Å². The fourth-order valence-electron chi connectivity index (χ4n) is 3.06. The summed E-state index contributed by atoms with van der Waals surface area (Å²) in [7, 11) is 0. The molecule has 0 fully saturated rings. The van der Waals surface area contributed by atoms with Crippen molar-refractivity contribution in [3.05, 3.63) is 46.2 Å². The Balaban J connectivity index is 2.40. The van der Waals surface area contributed by atoms with Crippen LogP contribution in [0.15, 0.2) is 34.9 Å². The normalized spacial score (nSPS) is 18.1. The molecule has 1 aromatic rings. The van der Waals surface area contributed by atoms with Crippen LogP contribution in [0, 0.1) is 23.1 Å². The summed E-state index contributed by atoms with van der Waals surface area (Å²) in [6, 6.07) is 7.45. The number of thioether (sulfide) groups is 1. The minimum atomic E-state index is -1.47. The molecule has 0 radical (unpaired) electrons. The Morgan fingerprint density at radius 3 is 2.48 bits per heavy atom. The molecular formula is C21H21FN2O6S. The minimum Gasteiger partial charge on any atom is -0.466 e. The lowest BCUT2D eigenvalue weighted by atomic mass is 9.78. The molecule has 8 nitrogen and oxygen atoms in total. The van der Waals surface area contributed by atoms with Crippen molar-refractivity contribution in [2.45, 2.75) is 26.2 Å². The molecule has 0 saturated carbocycles. The Morgan fingerprint density at radius 1 is 1.19 bits per heavy atom. The molecule has 1 heterocycles. The number of rotatable bonds is 9. The largest absolute Gasteiger partial charge is 0.466 e. The van der Waals surface area contributed by atoms with Crippen LogP contribution in [0.4, 0.5) is 4.39 Å². The molecule has 1 aliphatic heterocycles. The van der Waals surface area contributed by atoms with Crippen molar-refractivity contribution in [3.63, 3.8) is 0 Å². The monoisotopic (exact) mass is 448 g/mol. The summed E-state index contributed by atoms with van der Waals surface area (Å²) in [6.45, 7) is 3.32. The molecule has 1 aliphatic rings. The Kier molecular flexibility index (Phi) is 8.75. The predicted molar refractivity (Wildman–Crippen MR) is 109 cm³/mol. The van der Waals surface area contributed by atoms with Gasteiger partial charge in [0, 0.05) is 5.92 Å². The summed E-state index contributed by atoms with van der Waals surface area (Å²) in [4.78, 5) is 48.7. The second kappa shape index (κ2) is 11.3. The number of amides is 1. The summed E-state index contributed by atoms with van der Waals surface area (Å²) in [5.74, 6) is -6.42. The molecule has 1 N–H and O–H groups in total. The number of Topliss-reactive ketones (excluding diaryl/α,β-unsaturated/α-hetero) is 1. The zero-order chi connectivity index (χ0) is 23.0. The molecule has 0 bridgehead atoms. The Labute approximate surface area is 182 Å². The zero-order valence-electron chi connectivity index (χ0n) is 17.0. The van der Waals surface area contributed by atoms with Gasteiger partial charge in [-0.1, -0.05) is 30.0 Å². The third-order valence-electron chi connectivity index (χ3n) is 4.33. The smallest absolute Gasteiger partial charge is 0.319 e. The van der Waals surface area contributed by atoms with Gasteiger partial charge < -0.3 is 14.8 Å². The number of hydrogen-bond donors (Lipinski definition) is 1. The highest BCUT2D eigenvalue weighted by atomic mass is 32.2. The van der Waals surface area contributed by atoms with Crippen molar-refractivity contribution >= 4 is 35.4 Å². The molecule has 1 amide bonds. The highest BCUT2D eigenvalue weighted by Gasteiger charge is 2.45. The lowest BCUT2D eigenvalue weighted by Crippen LogP contribution is -2.44. The number of ketones is 1. The highest BCUT2D eigenvalue weighted by Crippen LogP contribution is 2.41. The molecule has 164 valence electrons. The van der Waals surface area contributed by atoms with E-state index in [1.807, 2.05) is 6.07 Å². The van der Waals surface area contributed by atoms with Gasteiger partial charge in [-0.25, -0.2) is 4.39 Å². The molecule has 0 aliphatic carbocycles. The van der Waals surface area contributed by atoms with Gasteiger partial charge in [0.15, 0.2) is 5.78 Å². The summed E-state index contributed by atoms with van der Waals surface area (Å²) >= 11 is 0.827. The summed E-state index contributed by atoms with van der Waals surface area (Å²) in [5.41, 5.74) is -0.0837. The maximum atomic E-state index is 14.6. The van der Waals surface area contributed by atoms with Gasteiger partial charge in [0.2, 0.25) is 5.91 Å². The maximum Gasteiger partial charge on any atom is 0.319 e. The number of carbonyl (C=O) groups excluding carboxylic acids is 4. The number of carbonyl (C=O) groups is 4. The highest BCUT2D eigenvalue weighted by molar-refractivity contribution is 8.03. The van der Waals surface area contributed by atoms with Crippen LogP contribution in [0.2, 0.25) is 0 Å². The van der Waals surface area contributed by atoms with E-state index in [1.54, 1.807) is 13.8 Å². The molecule has 2 atom stereocenters. The Hall–Kier alpha value is -3.19. The molecule has 0 spiro atoms. The van der Waals surface area contributed by atoms with Crippen LogP contribution in [0.25, 0.3) is 0 Å². The second-order valence-electron chi connectivity index (χ2n) is 6.38. The van der Waals surface area contributed by atoms with E-state index in [1.165, 1.54) is 18.2 Å². The Morgan fingerprint density at radius 2 is 1.87 bits per heavy atom. The number of esters is 2. The molecule has 1 aromatic carbocycles. The number of benzene rings is 1. The van der Waals surface area contributed by atoms with Crippen molar-refractivity contribution < 1.29 is 33.0 Å². The molecule has 31 heavy (non-hydrogen) atoms. The third kappa shape index (κ3) is 5.92. The first-order valence-electron chi connectivity index (χ1n) is 9.50. The van der Waals surface area contributed by atoms with Crippen molar-refractivity contribution in [2.24, 2.45) is 5.92 Å². The Bertz CT molecular complexity index is 955. The number of ether oxygens (including phenoxy) is 2. The molecule has 0 aromatic heterocycles. The number of halogens is 1. The number of allylic oxidation sites excluding steroid dienone is 1. The van der Waals surface area contributed by atoms with E-state index in [0.29, 0.717) is 0 Å². The van der Waals surface area contributed by atoms with Crippen LogP contribution in [-0.4, -0.2) is 42.6 Å². The fourth-order valence-corrected chi connectivity index (χ4v) is 3.97. The lowest BCUT2D eigenvalue weighted by molar-refractivity contribution is -0.153. The average molecular weight is 448 g/mol. The molecular weight excluding hydrogens is 427 g/mol. The number of hydrogen-bond acceptors (Lipinski definition) is 8. The maximum absolute atomic E-state index is 14.6. The van der Waals surface area contributed by atoms with E-state index in [2.05, 4.69) is 5.32 Å². The van der Waals surface area contributed by atoms with Crippen LogP contribution in [0.1, 0.15) is 31.7 Å². The summed E-state index contributed by atoms with van der Waals surface area (Å²) < 4.78 is 24.3. The summed E-state index contributed by atoms with van der Waals surface area (Å²) in [5, 5.41) is 12.3. The molecule has 10 heteroatoms. The number of nitrogens with one attached hydrogen (secondary N) is 1. The first-order valence-corrected chi connectivity index (χ1v) is 10.5. The SMILES string of the molecule is CCOC(=O)CC(=O)CSC1=C(C#N)[C@H](c2ccccc2F)[C@@H](C(=O)OCC)C(=O)N1. The van der Waals surface area contributed by atoms with Crippen LogP contribution in [-0.2, 0) is 28.7 Å². The van der Waals surface area contributed by atoms with Crippen molar-refractivity contribution in [2.75, 3.05) is 19.0 Å². The van der Waals surface area contributed by atoms with Gasteiger partial charge >= 0.3 is 11.9 Å². The second-order valence-corrected chi connectivity index (χ2v) is 7.37. The quantitative estimate of drug-likeness (QED) is 0.451. The molecule has 0 saturated heterocycles. The number of nitrogens with zero attached hydrogens (tertiary/aromatic N) is 1. The lowest BCUT2D eigenvalue weighted by Gasteiger charge is -2.31. The van der Waals surface area contributed by atoms with Gasteiger partial charge in [0.1, 0.15) is 18.2 Å². The van der Waals surface area contributed by atoms with Gasteiger partial charge in [-0.3, -0.25) is 19.2 Å². The minimum absolute atomic E-state index is 0.00216. The third-order valence-corrected chi connectivity index (χ3v) is 5.41. The van der Waals surface area contributed by atoms with Gasteiger partial charge in [-0.05, 0) is 25.5 Å². The van der Waals surface area contributed by atoms with E-state index < -0.39 is 47.7 Å². The van der Waals surface area contributed by atoms with E-state index in [0.717, 1.165) is 17.8 Å². The van der Waals surface area contributed by atoms with E-state index in [9.17, 15) is 28.8 Å². The van der Waals surface area contributed by atoms with Crippen LogP contribution in [0.3, 0.4) is 0 Å². The first-order chi connectivity index (χ1) is 14.8. The number of nitriles is 1. The molecule has 0 unspecified atom stereocenters. The zero-order valence-corrected chi connectivity index (χ0v) is 17.8. The van der Waals surface area contributed by atoms with Crippen LogP contribution < -0.4 is 5.32 Å². The van der Waals surface area contributed by atoms with Crippen molar-refractivity contribution in [3.8, 4) is 6.07 Å². The van der Waals surface area contributed by atoms with Crippen LogP contribution in [0.5, 0.6) is 0 Å². The first kappa shape index (κ1) is 24.1. The molecule has 2 rings (SSSR count). The van der Waals surface area contributed by atoms with Gasteiger partial charge in [0.05, 0.1) is 35.6 Å². The van der Waals surface area contributed by atoms with Crippen molar-refractivity contribution in [1.82, 2.24) is 5.32 Å². The summed E-state index contributed by atoms with van der Waals surface area (Å²) in [6.07, 6.45) is -0.452. The topological polar surface area (TPSA) is 123 Å². The van der Waals surface area contributed by atoms with E-state index in [-0.39, 0.29) is 35.1 Å². The van der Waals surface area contributed by atoms with E-state index in [4.69, 9.17) is 9.47 Å². The van der Waals surface area contributed by atoms with Crippen LogP contribution >= 0.6 is 11.8 Å². The van der Waals surface area contributed by atoms with Gasteiger partial charge in [0.25, 0.3) is 0 Å². The van der Waals surface area contributed by atoms with Gasteiger partial charge in [-0.15, -0.1) is 0 Å².